The molecule has 1 aromatic rings. The standard InChI is InChI=1S/C17H22N2/c1-18-14-8-13-17(15-9-4-2-5-10-15)19-16-11-6-3-7-12-16/h2,4-5,9-10,16H,3,6-8,11-14H2. The molecule has 0 N–H and O–H groups in total. The Morgan fingerprint density at radius 3 is 2.58 bits per heavy atom. The van der Waals surface area contributed by atoms with Gasteiger partial charge < -0.3 is 4.85 Å². The lowest BCUT2D eigenvalue weighted by atomic mass is 9.95. The number of hydrogen-bond acceptors (Lipinski definition) is 1. The minimum Gasteiger partial charge on any atom is -0.317 e. The summed E-state index contributed by atoms with van der Waals surface area (Å²) in [6.45, 7) is 7.50. The molecule has 1 saturated carbocycles. The first-order valence-electron chi connectivity index (χ1n) is 7.35. The second-order valence-electron chi connectivity index (χ2n) is 5.22. The highest BCUT2D eigenvalue weighted by Gasteiger charge is 2.14. The van der Waals surface area contributed by atoms with Crippen LogP contribution >= 0.6 is 0 Å². The number of aliphatic imine (C=N–C) groups is 1. The molecule has 1 aromatic carbocycles. The molecule has 2 nitrogen and oxygen atoms in total. The summed E-state index contributed by atoms with van der Waals surface area (Å²) in [5, 5.41) is 0. The van der Waals surface area contributed by atoms with Crippen molar-refractivity contribution in [3.8, 4) is 0 Å². The third-order valence-electron chi connectivity index (χ3n) is 3.70. The van der Waals surface area contributed by atoms with Crippen LogP contribution in [0.25, 0.3) is 4.85 Å². The first kappa shape index (κ1) is 13.8. The van der Waals surface area contributed by atoms with E-state index in [4.69, 9.17) is 11.6 Å². The van der Waals surface area contributed by atoms with Crippen molar-refractivity contribution in [3.63, 3.8) is 0 Å². The van der Waals surface area contributed by atoms with E-state index in [2.05, 4.69) is 29.1 Å². The summed E-state index contributed by atoms with van der Waals surface area (Å²) in [6.07, 6.45) is 8.33. The van der Waals surface area contributed by atoms with Gasteiger partial charge in [-0.3, -0.25) is 4.99 Å². The zero-order chi connectivity index (χ0) is 13.3. The fraction of sp³-hybridized carbons (Fsp3) is 0.529. The monoisotopic (exact) mass is 254 g/mol. The Morgan fingerprint density at radius 1 is 1.16 bits per heavy atom. The van der Waals surface area contributed by atoms with Crippen molar-refractivity contribution >= 4 is 5.71 Å². The highest BCUT2D eigenvalue weighted by Crippen LogP contribution is 2.22. The second kappa shape index (κ2) is 7.74. The summed E-state index contributed by atoms with van der Waals surface area (Å²) < 4.78 is 0. The zero-order valence-corrected chi connectivity index (χ0v) is 11.5. The van der Waals surface area contributed by atoms with Gasteiger partial charge in [0.25, 0.3) is 0 Å². The van der Waals surface area contributed by atoms with Gasteiger partial charge in [-0.05, 0) is 24.8 Å². The molecule has 2 rings (SSSR count). The van der Waals surface area contributed by atoms with Gasteiger partial charge in [-0.15, -0.1) is 0 Å². The van der Waals surface area contributed by atoms with Gasteiger partial charge in [0.05, 0.1) is 6.04 Å². The Hall–Kier alpha value is -1.62. The summed E-state index contributed by atoms with van der Waals surface area (Å²) in [7, 11) is 0. The molecule has 0 bridgehead atoms. The second-order valence-corrected chi connectivity index (χ2v) is 5.22. The highest BCUT2D eigenvalue weighted by molar-refractivity contribution is 6.00. The number of nitrogens with zero attached hydrogens (tertiary/aromatic N) is 2. The van der Waals surface area contributed by atoms with Gasteiger partial charge in [-0.1, -0.05) is 49.6 Å². The molecule has 2 heteroatoms. The first-order chi connectivity index (χ1) is 9.40. The zero-order valence-electron chi connectivity index (χ0n) is 11.5. The van der Waals surface area contributed by atoms with E-state index in [9.17, 15) is 0 Å². The van der Waals surface area contributed by atoms with Crippen LogP contribution in [0.5, 0.6) is 0 Å². The molecule has 100 valence electrons. The molecule has 0 aromatic heterocycles. The van der Waals surface area contributed by atoms with E-state index in [1.807, 2.05) is 6.07 Å². The lowest BCUT2D eigenvalue weighted by molar-refractivity contribution is 0.443. The van der Waals surface area contributed by atoms with Crippen molar-refractivity contribution in [2.45, 2.75) is 51.0 Å². The summed E-state index contributed by atoms with van der Waals surface area (Å²) >= 11 is 0. The van der Waals surface area contributed by atoms with E-state index in [-0.39, 0.29) is 0 Å². The fourth-order valence-corrected chi connectivity index (χ4v) is 2.67. The van der Waals surface area contributed by atoms with Gasteiger partial charge in [-0.2, -0.15) is 0 Å². The summed E-state index contributed by atoms with van der Waals surface area (Å²) in [6, 6.07) is 11.0. The predicted molar refractivity (Wildman–Crippen MR) is 80.6 cm³/mol. The van der Waals surface area contributed by atoms with E-state index in [0.717, 1.165) is 12.8 Å². The highest BCUT2D eigenvalue weighted by atomic mass is 14.8. The average Bonchev–Trinajstić information content (AvgIpc) is 2.48. The molecule has 0 atom stereocenters. The third kappa shape index (κ3) is 4.52. The Balaban J connectivity index is 2.09. The molecule has 1 fully saturated rings. The summed E-state index contributed by atoms with van der Waals surface area (Å²) in [4.78, 5) is 8.43. The van der Waals surface area contributed by atoms with E-state index >= 15 is 0 Å². The SMILES string of the molecule is [C-]#[N+]CCCC(=NC1CCCCC1)c1ccccc1. The van der Waals surface area contributed by atoms with Crippen molar-refractivity contribution in [1.82, 2.24) is 0 Å². The maximum atomic E-state index is 6.89. The van der Waals surface area contributed by atoms with Crippen LogP contribution in [0, 0.1) is 6.57 Å². The minimum atomic E-state index is 0.511. The third-order valence-corrected chi connectivity index (χ3v) is 3.70. The molecular formula is C17H22N2. The van der Waals surface area contributed by atoms with Crippen LogP contribution in [-0.2, 0) is 0 Å². The molecule has 0 radical (unpaired) electrons. The molecule has 0 heterocycles. The molecule has 0 amide bonds. The number of benzene rings is 1. The van der Waals surface area contributed by atoms with Crippen LogP contribution in [0.2, 0.25) is 0 Å². The van der Waals surface area contributed by atoms with Crippen molar-refractivity contribution < 1.29 is 0 Å². The Labute approximate surface area is 116 Å². The summed E-state index contributed by atoms with van der Waals surface area (Å²) in [5.41, 5.74) is 2.44. The lowest BCUT2D eigenvalue weighted by Crippen LogP contribution is -2.14. The quantitative estimate of drug-likeness (QED) is 0.418. The molecule has 1 aliphatic carbocycles. The van der Waals surface area contributed by atoms with Crippen LogP contribution in [0.1, 0.15) is 50.5 Å². The van der Waals surface area contributed by atoms with Gasteiger partial charge in [0, 0.05) is 12.1 Å². The Bertz CT molecular complexity index is 436. The number of rotatable bonds is 5. The van der Waals surface area contributed by atoms with Gasteiger partial charge in [0.1, 0.15) is 0 Å². The Morgan fingerprint density at radius 2 is 1.89 bits per heavy atom. The maximum absolute atomic E-state index is 6.89. The van der Waals surface area contributed by atoms with Crippen molar-refractivity contribution in [2.24, 2.45) is 4.99 Å². The Kier molecular flexibility index (Phi) is 5.62. The van der Waals surface area contributed by atoms with Gasteiger partial charge >= 0.3 is 0 Å². The largest absolute Gasteiger partial charge is 0.317 e. The van der Waals surface area contributed by atoms with Crippen LogP contribution in [0.15, 0.2) is 35.3 Å². The van der Waals surface area contributed by atoms with E-state index in [0.29, 0.717) is 12.6 Å². The van der Waals surface area contributed by atoms with E-state index in [1.54, 1.807) is 0 Å². The molecular weight excluding hydrogens is 232 g/mol. The molecule has 0 unspecified atom stereocenters. The normalized spacial score (nSPS) is 17.1. The van der Waals surface area contributed by atoms with Gasteiger partial charge in [-0.25, -0.2) is 6.57 Å². The van der Waals surface area contributed by atoms with E-state index < -0.39 is 0 Å². The lowest BCUT2D eigenvalue weighted by Gasteiger charge is -2.19. The topological polar surface area (TPSA) is 16.7 Å². The molecule has 0 spiro atoms. The van der Waals surface area contributed by atoms with Crippen LogP contribution in [-0.4, -0.2) is 18.3 Å². The minimum absolute atomic E-state index is 0.511. The van der Waals surface area contributed by atoms with Crippen LogP contribution in [0.4, 0.5) is 0 Å². The van der Waals surface area contributed by atoms with Crippen molar-refractivity contribution in [2.75, 3.05) is 6.54 Å². The predicted octanol–water partition coefficient (Wildman–Crippen LogP) is 4.51. The fourth-order valence-electron chi connectivity index (χ4n) is 2.67. The molecule has 1 aliphatic rings. The smallest absolute Gasteiger partial charge is 0.215 e. The van der Waals surface area contributed by atoms with Crippen LogP contribution in [0.3, 0.4) is 0 Å². The van der Waals surface area contributed by atoms with Crippen molar-refractivity contribution in [1.29, 1.82) is 0 Å². The van der Waals surface area contributed by atoms with Crippen molar-refractivity contribution in [3.05, 3.63) is 47.3 Å². The molecule has 19 heavy (non-hydrogen) atoms. The maximum Gasteiger partial charge on any atom is 0.215 e. The molecule has 0 aliphatic heterocycles. The van der Waals surface area contributed by atoms with Gasteiger partial charge in [0.2, 0.25) is 6.54 Å². The van der Waals surface area contributed by atoms with Gasteiger partial charge in [0.15, 0.2) is 0 Å². The molecule has 0 saturated heterocycles. The first-order valence-corrected chi connectivity index (χ1v) is 7.35. The number of hydrogen-bond donors (Lipinski definition) is 0. The van der Waals surface area contributed by atoms with Crippen LogP contribution < -0.4 is 0 Å². The average molecular weight is 254 g/mol. The summed E-state index contributed by atoms with van der Waals surface area (Å²) in [5.74, 6) is 0. The van der Waals surface area contributed by atoms with E-state index in [1.165, 1.54) is 43.4 Å².